The quantitative estimate of drug-likeness (QED) is 0.00710. The summed E-state index contributed by atoms with van der Waals surface area (Å²) in [5.41, 5.74) is 2.27. The number of allylic oxidation sites excluding steroid dienone is 4. The van der Waals surface area contributed by atoms with Crippen molar-refractivity contribution in [2.45, 2.75) is 237 Å². The Labute approximate surface area is 527 Å². The molecule has 0 saturated carbocycles. The second kappa shape index (κ2) is 42.4. The first-order valence-electron chi connectivity index (χ1n) is 33.1. The molecule has 1 heterocycles. The van der Waals surface area contributed by atoms with Gasteiger partial charge in [0, 0.05) is 72.4 Å². The van der Waals surface area contributed by atoms with Crippen molar-refractivity contribution >= 4 is 56.6 Å². The zero-order valence-electron chi connectivity index (χ0n) is 54.0. The minimum absolute atomic E-state index is 0.0281. The van der Waals surface area contributed by atoms with Crippen molar-refractivity contribution in [2.75, 3.05) is 57.4 Å². The molecule has 0 radical (unpaired) electrons. The fourth-order valence-corrected chi connectivity index (χ4v) is 13.3. The van der Waals surface area contributed by atoms with Crippen molar-refractivity contribution in [3.05, 3.63) is 84.3 Å². The Morgan fingerprint density at radius 3 is 1.68 bits per heavy atom. The van der Waals surface area contributed by atoms with Crippen LogP contribution in [-0.4, -0.2) is 96.9 Å². The fourth-order valence-electron chi connectivity index (χ4n) is 10.8. The number of phosphoric acid groups is 1. The Balaban J connectivity index is 1.36. The van der Waals surface area contributed by atoms with Gasteiger partial charge in [0.15, 0.2) is 6.10 Å². The number of esters is 2. The van der Waals surface area contributed by atoms with Gasteiger partial charge in [-0.2, -0.15) is 8.42 Å². The number of hydrogen-bond donors (Lipinski definition) is 3. The maximum absolute atomic E-state index is 13.8. The molecule has 1 unspecified atom stereocenters. The van der Waals surface area contributed by atoms with Crippen LogP contribution in [0.4, 0.5) is 5.69 Å². The highest BCUT2D eigenvalue weighted by Crippen LogP contribution is 2.45. The Morgan fingerprint density at radius 1 is 0.625 bits per heavy atom. The zero-order valence-corrected chi connectivity index (χ0v) is 56.5. The van der Waals surface area contributed by atoms with Crippen molar-refractivity contribution in [3.8, 4) is 22.5 Å². The second-order valence-corrected chi connectivity index (χ2v) is 27.4. The molecule has 88 heavy (non-hydrogen) atoms. The third-order valence-corrected chi connectivity index (χ3v) is 19.2. The third kappa shape index (κ3) is 28.2. The summed E-state index contributed by atoms with van der Waals surface area (Å²) in [4.78, 5) is 37.5. The molecule has 2 aromatic rings. The molecule has 0 fully saturated rings. The predicted octanol–water partition coefficient (Wildman–Crippen LogP) is 16.1. The van der Waals surface area contributed by atoms with E-state index in [1.807, 2.05) is 64.1 Å². The number of carbonyl (C=O) groups excluding carboxylic acids is 2. The molecule has 1 aliphatic carbocycles. The lowest BCUT2D eigenvalue weighted by atomic mass is 9.93. The number of nitrogens with one attached hydrogen (secondary N) is 1. The molecule has 494 valence electrons. The van der Waals surface area contributed by atoms with Crippen LogP contribution in [-0.2, 0) is 52.8 Å². The van der Waals surface area contributed by atoms with E-state index in [0.717, 1.165) is 120 Å². The van der Waals surface area contributed by atoms with Gasteiger partial charge in [-0.1, -0.05) is 147 Å². The van der Waals surface area contributed by atoms with E-state index in [1.54, 1.807) is 0 Å². The first-order valence-corrected chi connectivity index (χ1v) is 37.6. The number of phosphoric ester groups is 1. The van der Waals surface area contributed by atoms with Crippen LogP contribution in [0, 0.1) is 0 Å². The van der Waals surface area contributed by atoms with Crippen LogP contribution in [0.15, 0.2) is 93.1 Å². The van der Waals surface area contributed by atoms with E-state index in [-0.39, 0.29) is 18.4 Å². The summed E-state index contributed by atoms with van der Waals surface area (Å²) in [5.74, 6) is -0.642. The van der Waals surface area contributed by atoms with Crippen LogP contribution >= 0.6 is 7.82 Å². The molecule has 2 aliphatic rings. The average molecular weight is 1290 g/mol. The number of fused-ring (bicyclic) bond motifs is 2. The molecule has 3 N–H and O–H groups in total. The molecule has 1 aliphatic heterocycles. The van der Waals surface area contributed by atoms with Crippen LogP contribution < -0.4 is 19.6 Å². The number of anilines is 1. The summed E-state index contributed by atoms with van der Waals surface area (Å²) in [6.45, 7) is 13.1. The van der Waals surface area contributed by atoms with E-state index in [0.29, 0.717) is 40.7 Å². The lowest BCUT2D eigenvalue weighted by Crippen LogP contribution is -2.30. The Kier molecular flexibility index (Phi) is 36.5. The van der Waals surface area contributed by atoms with Crippen molar-refractivity contribution < 1.29 is 63.4 Å². The maximum Gasteiger partial charge on any atom is 0.472 e. The van der Waals surface area contributed by atoms with E-state index in [2.05, 4.69) is 52.3 Å². The molecular weight excluding hydrogens is 1180 g/mol. The average Bonchev–Trinajstić information content (AvgIpc) is 0.788. The van der Waals surface area contributed by atoms with Crippen LogP contribution in [0.2, 0.25) is 0 Å². The highest BCUT2D eigenvalue weighted by Gasteiger charge is 2.29. The molecule has 4 rings (SSSR count). The molecule has 17 nitrogen and oxygen atoms in total. The van der Waals surface area contributed by atoms with E-state index in [4.69, 9.17) is 22.9 Å². The topological polar surface area (TPSA) is 228 Å². The number of hydrogen-bond acceptors (Lipinski definition) is 13. The number of nitrogens with zero attached hydrogens (tertiary/aromatic N) is 2. The molecule has 0 amide bonds. The summed E-state index contributed by atoms with van der Waals surface area (Å²) in [6.07, 6.45) is 36.9. The van der Waals surface area contributed by atoms with E-state index in [9.17, 15) is 40.4 Å². The number of unbranched alkanes of at least 4 members (excludes halogenated alkanes) is 22. The molecule has 0 saturated heterocycles. The summed E-state index contributed by atoms with van der Waals surface area (Å²) in [6, 6.07) is 14.5. The third-order valence-electron chi connectivity index (χ3n) is 15.8. The monoisotopic (exact) mass is 1280 g/mol. The number of benzene rings is 3. The summed E-state index contributed by atoms with van der Waals surface area (Å²) in [5, 5.41) is 1.40. The summed E-state index contributed by atoms with van der Waals surface area (Å²) < 4.78 is 110. The van der Waals surface area contributed by atoms with Crippen LogP contribution in [0.25, 0.3) is 33.4 Å². The van der Waals surface area contributed by atoms with Crippen LogP contribution in [0.3, 0.4) is 0 Å². The molecule has 0 spiro atoms. The number of rotatable bonds is 49. The molecular formula is C68H107N3O14PS2+. The van der Waals surface area contributed by atoms with Gasteiger partial charge in [0.1, 0.15) is 35.9 Å². The van der Waals surface area contributed by atoms with Gasteiger partial charge in [-0.05, 0) is 122 Å². The van der Waals surface area contributed by atoms with Crippen molar-refractivity contribution in [1.82, 2.24) is 9.30 Å². The molecule has 2 atom stereocenters. The van der Waals surface area contributed by atoms with E-state index < -0.39 is 82.2 Å². The minimum atomic E-state index is -5.08. The van der Waals surface area contributed by atoms with Crippen molar-refractivity contribution in [3.63, 3.8) is 0 Å². The number of carbonyl (C=O) groups is 2. The lowest BCUT2D eigenvalue weighted by molar-refractivity contribution is -0.161. The SMILES string of the molecule is CCCCCCCC/C=C\CCCCCCCC(=O)OC[C@H](COP(=O)(O)OCCNS(=O)(=O)c1ccc(-c2c3ccc(=[N+](CC)CC)cc-3oc3cc(N(CC)CC)ccc23)c(S(=O)(=O)O)c1)OC(=O)CCCCCCC/C=C\CCCCCCCC. The van der Waals surface area contributed by atoms with Gasteiger partial charge in [-0.3, -0.25) is 23.2 Å². The lowest BCUT2D eigenvalue weighted by Gasteiger charge is -2.22. The Hall–Kier alpha value is -4.72. The van der Waals surface area contributed by atoms with Crippen molar-refractivity contribution in [2.24, 2.45) is 0 Å². The van der Waals surface area contributed by atoms with Crippen LogP contribution in [0.5, 0.6) is 0 Å². The smallest absolute Gasteiger partial charge is 0.462 e. The van der Waals surface area contributed by atoms with E-state index >= 15 is 0 Å². The normalized spacial score (nSPS) is 13.2. The van der Waals surface area contributed by atoms with Gasteiger partial charge >= 0.3 is 19.8 Å². The highest BCUT2D eigenvalue weighted by atomic mass is 32.2. The van der Waals surface area contributed by atoms with Crippen molar-refractivity contribution in [1.29, 1.82) is 0 Å². The first kappa shape index (κ1) is 75.7. The summed E-state index contributed by atoms with van der Waals surface area (Å²) in [7, 11) is -14.6. The number of sulfonamides is 1. The predicted molar refractivity (Wildman–Crippen MR) is 355 cm³/mol. The summed E-state index contributed by atoms with van der Waals surface area (Å²) >= 11 is 0. The minimum Gasteiger partial charge on any atom is -0.462 e. The van der Waals surface area contributed by atoms with Gasteiger partial charge < -0.3 is 23.7 Å². The molecule has 0 bridgehead atoms. The Bertz CT molecular complexity index is 3060. The van der Waals surface area contributed by atoms with Crippen LogP contribution in [0.1, 0.15) is 221 Å². The van der Waals surface area contributed by atoms with Gasteiger partial charge in [-0.25, -0.2) is 22.3 Å². The Morgan fingerprint density at radius 2 is 1.15 bits per heavy atom. The molecule has 2 aromatic carbocycles. The molecule has 20 heteroatoms. The standard InChI is InChI=1S/C68H106N3O14PS2/c1-7-13-15-17-19-21-23-25-27-29-31-33-35-37-39-41-66(72)81-54-58(84-67(73)42-40-38-36-34-32-30-28-26-24-22-20-18-16-14-8-2)55-83-86(74,75)82-50-49-69-87(76,77)59-45-48-62(65(53-59)88(78,79)80)68-60-46-43-56(70(9-3)10-4)51-63(60)85-64-52-57(44-47-61(64)68)71(11-5)12-6/h25-28,43-48,51-53,58,69H,7-24,29-42,49-50,54-55H2,1-6H3,(H-,74,75,78,79,80)/p+1/b27-25-,28-26-/t58-/m1/s1. The molecule has 0 aromatic heterocycles. The highest BCUT2D eigenvalue weighted by molar-refractivity contribution is 7.89. The van der Waals surface area contributed by atoms with Gasteiger partial charge in [0.25, 0.3) is 10.1 Å². The van der Waals surface area contributed by atoms with Gasteiger partial charge in [0.05, 0.1) is 24.2 Å². The van der Waals surface area contributed by atoms with Gasteiger partial charge in [0.2, 0.25) is 15.4 Å². The second-order valence-electron chi connectivity index (χ2n) is 22.8. The zero-order chi connectivity index (χ0) is 64.1. The largest absolute Gasteiger partial charge is 0.472 e. The van der Waals surface area contributed by atoms with Gasteiger partial charge in [-0.15, -0.1) is 0 Å². The first-order chi connectivity index (χ1) is 42.4. The van der Waals surface area contributed by atoms with E-state index in [1.165, 1.54) is 89.2 Å². The fraction of sp³-hybridized carbons (Fsp3) is 0.632. The maximum atomic E-state index is 13.8. The number of ether oxygens (including phenoxy) is 2.